The number of benzene rings is 1. The number of Topliss-reactive ketones (excluding diaryl/α,β-unsaturated/α-hetero) is 1. The molecule has 1 N–H and O–H groups in total. The van der Waals surface area contributed by atoms with Gasteiger partial charge in [-0.2, -0.15) is 0 Å². The van der Waals surface area contributed by atoms with Gasteiger partial charge in [0.25, 0.3) is 0 Å². The van der Waals surface area contributed by atoms with Crippen LogP contribution in [0.5, 0.6) is 0 Å². The molecule has 1 aromatic carbocycles. The molecule has 8 heteroatoms. The zero-order valence-electron chi connectivity index (χ0n) is 26.7. The fraction of sp³-hybridized carbons (Fsp3) is 0.500. The largest absolute Gasteiger partial charge is 0.353 e. The molecule has 4 heterocycles. The fourth-order valence-electron chi connectivity index (χ4n) is 6.57. The standard InChI is InChI=1S/C36H47N5O2S/c1-5-30(6-2)41-33-10-9-27(21-32(33)39-35(41)23-31-8-7-19-44-31)34(42)22-28(20-25(3)4)36(43)38-29-13-17-40(18-14-29)24-26-11-15-37-16-12-26/h7-12,15-16,19,21,25,28-30H,5-6,13-14,17-18,20,22-24H2,1-4H3,(H,38,43)/t28-/m1/s1. The van der Waals surface area contributed by atoms with E-state index < -0.39 is 0 Å². The Labute approximate surface area is 266 Å². The molecule has 1 fully saturated rings. The van der Waals surface area contributed by atoms with Gasteiger partial charge in [-0.05, 0) is 85.4 Å². The molecule has 3 aromatic heterocycles. The number of fused-ring (bicyclic) bond motifs is 1. The molecule has 0 saturated carbocycles. The summed E-state index contributed by atoms with van der Waals surface area (Å²) in [5.74, 6) is 1.04. The van der Waals surface area contributed by atoms with Crippen LogP contribution in [0.4, 0.5) is 0 Å². The number of rotatable bonds is 14. The van der Waals surface area contributed by atoms with Gasteiger partial charge >= 0.3 is 0 Å². The van der Waals surface area contributed by atoms with Gasteiger partial charge in [0, 0.05) is 73.3 Å². The van der Waals surface area contributed by atoms with E-state index in [9.17, 15) is 9.59 Å². The van der Waals surface area contributed by atoms with Crippen LogP contribution in [0.25, 0.3) is 11.0 Å². The molecule has 0 aliphatic carbocycles. The molecule has 1 amide bonds. The lowest BCUT2D eigenvalue weighted by atomic mass is 9.89. The highest BCUT2D eigenvalue weighted by Gasteiger charge is 2.28. The summed E-state index contributed by atoms with van der Waals surface area (Å²) in [6.45, 7) is 11.5. The van der Waals surface area contributed by atoms with E-state index in [-0.39, 0.29) is 30.1 Å². The lowest BCUT2D eigenvalue weighted by Gasteiger charge is -2.33. The number of likely N-dealkylation sites (tertiary alicyclic amines) is 1. The third-order valence-corrected chi connectivity index (χ3v) is 9.83. The molecule has 1 aliphatic heterocycles. The SMILES string of the molecule is CCC(CC)n1c(Cc2cccs2)nc2cc(C(=O)C[C@@H](CC(C)C)C(=O)NC3CCN(Cc4ccncc4)CC3)ccc21. The number of carbonyl (C=O) groups is 2. The minimum atomic E-state index is -0.343. The minimum Gasteiger partial charge on any atom is -0.353 e. The number of hydrogen-bond donors (Lipinski definition) is 1. The second-order valence-corrected chi connectivity index (χ2v) is 13.7. The number of nitrogens with one attached hydrogen (secondary N) is 1. The van der Waals surface area contributed by atoms with Gasteiger partial charge in [0.1, 0.15) is 5.82 Å². The summed E-state index contributed by atoms with van der Waals surface area (Å²) in [6, 6.07) is 14.8. The second-order valence-electron chi connectivity index (χ2n) is 12.7. The highest BCUT2D eigenvalue weighted by atomic mass is 32.1. The number of ketones is 1. The predicted molar refractivity (Wildman–Crippen MR) is 179 cm³/mol. The van der Waals surface area contributed by atoms with Gasteiger partial charge in [-0.1, -0.05) is 33.8 Å². The van der Waals surface area contributed by atoms with Crippen LogP contribution in [0.3, 0.4) is 0 Å². The third-order valence-electron chi connectivity index (χ3n) is 8.95. The van der Waals surface area contributed by atoms with Gasteiger partial charge in [-0.25, -0.2) is 4.98 Å². The molecule has 7 nitrogen and oxygen atoms in total. The summed E-state index contributed by atoms with van der Waals surface area (Å²) >= 11 is 1.75. The van der Waals surface area contributed by atoms with Crippen molar-refractivity contribution in [2.75, 3.05) is 13.1 Å². The number of aromatic nitrogens is 3. The summed E-state index contributed by atoms with van der Waals surface area (Å²) in [6.07, 6.45) is 9.24. The van der Waals surface area contributed by atoms with Gasteiger partial charge in [0.15, 0.2) is 5.78 Å². The lowest BCUT2D eigenvalue weighted by molar-refractivity contribution is -0.126. The number of amides is 1. The maximum atomic E-state index is 13.7. The smallest absolute Gasteiger partial charge is 0.223 e. The van der Waals surface area contributed by atoms with Crippen molar-refractivity contribution in [3.05, 3.63) is 82.1 Å². The van der Waals surface area contributed by atoms with Gasteiger partial charge in [0.05, 0.1) is 11.0 Å². The van der Waals surface area contributed by atoms with Crippen molar-refractivity contribution in [3.8, 4) is 0 Å². The number of pyridine rings is 1. The summed E-state index contributed by atoms with van der Waals surface area (Å²) in [7, 11) is 0. The highest BCUT2D eigenvalue weighted by molar-refractivity contribution is 7.09. The van der Waals surface area contributed by atoms with Crippen LogP contribution < -0.4 is 5.32 Å². The van der Waals surface area contributed by atoms with Crippen LogP contribution in [0.15, 0.2) is 60.2 Å². The first kappa shape index (κ1) is 32.0. The molecule has 1 atom stereocenters. The van der Waals surface area contributed by atoms with Crippen LogP contribution >= 0.6 is 11.3 Å². The molecule has 1 saturated heterocycles. The fourth-order valence-corrected chi connectivity index (χ4v) is 7.27. The maximum absolute atomic E-state index is 13.7. The molecular weight excluding hydrogens is 566 g/mol. The highest BCUT2D eigenvalue weighted by Crippen LogP contribution is 2.29. The topological polar surface area (TPSA) is 80.1 Å². The van der Waals surface area contributed by atoms with Crippen molar-refractivity contribution >= 4 is 34.1 Å². The van der Waals surface area contributed by atoms with E-state index in [0.29, 0.717) is 23.9 Å². The Morgan fingerprint density at radius 2 is 1.80 bits per heavy atom. The number of imidazole rings is 1. The first-order valence-corrected chi connectivity index (χ1v) is 17.2. The van der Waals surface area contributed by atoms with Crippen molar-refractivity contribution in [3.63, 3.8) is 0 Å². The first-order chi connectivity index (χ1) is 21.3. The Morgan fingerprint density at radius 1 is 1.05 bits per heavy atom. The Kier molecular flexibility index (Phi) is 11.0. The van der Waals surface area contributed by atoms with Crippen LogP contribution in [0, 0.1) is 11.8 Å². The monoisotopic (exact) mass is 613 g/mol. The molecule has 0 radical (unpaired) electrons. The number of piperidine rings is 1. The zero-order chi connectivity index (χ0) is 31.1. The van der Waals surface area contributed by atoms with Crippen molar-refractivity contribution < 1.29 is 9.59 Å². The van der Waals surface area contributed by atoms with Crippen molar-refractivity contribution in [2.24, 2.45) is 11.8 Å². The Morgan fingerprint density at radius 3 is 2.45 bits per heavy atom. The van der Waals surface area contributed by atoms with E-state index in [0.717, 1.165) is 68.6 Å². The molecule has 1 aliphatic rings. The van der Waals surface area contributed by atoms with Gasteiger partial charge in [0.2, 0.25) is 5.91 Å². The predicted octanol–water partition coefficient (Wildman–Crippen LogP) is 7.46. The second kappa shape index (κ2) is 15.1. The van der Waals surface area contributed by atoms with Gasteiger partial charge < -0.3 is 9.88 Å². The summed E-state index contributed by atoms with van der Waals surface area (Å²) < 4.78 is 2.38. The van der Waals surface area contributed by atoms with Crippen LogP contribution in [0.2, 0.25) is 0 Å². The average molecular weight is 614 g/mol. The van der Waals surface area contributed by atoms with Crippen molar-refractivity contribution in [2.45, 2.75) is 91.3 Å². The van der Waals surface area contributed by atoms with Crippen LogP contribution in [-0.4, -0.2) is 50.3 Å². The summed E-state index contributed by atoms with van der Waals surface area (Å²) in [4.78, 5) is 40.1. The van der Waals surface area contributed by atoms with E-state index in [1.165, 1.54) is 10.4 Å². The first-order valence-electron chi connectivity index (χ1n) is 16.3. The van der Waals surface area contributed by atoms with Crippen molar-refractivity contribution in [1.82, 2.24) is 24.8 Å². The van der Waals surface area contributed by atoms with Gasteiger partial charge in [-0.3, -0.25) is 19.5 Å². The maximum Gasteiger partial charge on any atom is 0.223 e. The summed E-state index contributed by atoms with van der Waals surface area (Å²) in [5.41, 5.74) is 3.84. The van der Waals surface area contributed by atoms with E-state index >= 15 is 0 Å². The number of hydrogen-bond acceptors (Lipinski definition) is 6. The van der Waals surface area contributed by atoms with E-state index in [1.807, 2.05) is 24.5 Å². The van der Waals surface area contributed by atoms with Crippen LogP contribution in [-0.2, 0) is 17.8 Å². The molecule has 0 bridgehead atoms. The quantitative estimate of drug-likeness (QED) is 0.149. The zero-order valence-corrected chi connectivity index (χ0v) is 27.5. The van der Waals surface area contributed by atoms with Gasteiger partial charge in [-0.15, -0.1) is 11.3 Å². The normalized spacial score (nSPS) is 15.3. The van der Waals surface area contributed by atoms with E-state index in [1.54, 1.807) is 11.3 Å². The Balaban J connectivity index is 1.26. The summed E-state index contributed by atoms with van der Waals surface area (Å²) in [5, 5.41) is 5.41. The molecule has 4 aromatic rings. The molecule has 44 heavy (non-hydrogen) atoms. The average Bonchev–Trinajstić information content (AvgIpc) is 3.66. The number of nitrogens with zero attached hydrogens (tertiary/aromatic N) is 4. The molecular formula is C36H47N5O2S. The molecule has 234 valence electrons. The molecule has 0 spiro atoms. The number of thiophene rings is 1. The van der Waals surface area contributed by atoms with Crippen LogP contribution in [0.1, 0.15) is 98.9 Å². The molecule has 0 unspecified atom stereocenters. The number of carbonyl (C=O) groups excluding carboxylic acids is 2. The lowest BCUT2D eigenvalue weighted by Crippen LogP contribution is -2.46. The van der Waals surface area contributed by atoms with E-state index in [4.69, 9.17) is 4.98 Å². The third kappa shape index (κ3) is 8.02. The minimum absolute atomic E-state index is 0.0109. The Bertz CT molecular complexity index is 1500. The van der Waals surface area contributed by atoms with Crippen molar-refractivity contribution in [1.29, 1.82) is 0 Å². The molecule has 5 rings (SSSR count). The van der Waals surface area contributed by atoms with E-state index in [2.05, 4.69) is 83.2 Å². The Hall–Kier alpha value is -3.36.